The number of hydrogen-bond acceptors (Lipinski definition) is 4. The summed E-state index contributed by atoms with van der Waals surface area (Å²) in [6.07, 6.45) is 0. The minimum Gasteiger partial charge on any atom is -0.430 e. The zero-order chi connectivity index (χ0) is 9.97. The van der Waals surface area contributed by atoms with Crippen LogP contribution in [-0.2, 0) is 0 Å². The van der Waals surface area contributed by atoms with E-state index in [1.807, 2.05) is 31.2 Å². The quantitative estimate of drug-likeness (QED) is 0.839. The van der Waals surface area contributed by atoms with Crippen LogP contribution in [0.15, 0.2) is 28.7 Å². The highest BCUT2D eigenvalue weighted by molar-refractivity contribution is 9.10. The number of benzene rings is 1. The Bertz CT molecular complexity index is 444. The van der Waals surface area contributed by atoms with Crippen molar-refractivity contribution < 1.29 is 4.74 Å². The van der Waals surface area contributed by atoms with Crippen LogP contribution in [-0.4, -0.2) is 9.36 Å². The van der Waals surface area contributed by atoms with Crippen molar-refractivity contribution in [2.45, 2.75) is 6.92 Å². The summed E-state index contributed by atoms with van der Waals surface area (Å²) in [7, 11) is 0. The first kappa shape index (κ1) is 9.61. The van der Waals surface area contributed by atoms with Gasteiger partial charge in [0, 0.05) is 16.0 Å². The summed E-state index contributed by atoms with van der Waals surface area (Å²) in [5, 5.41) is 0.570. The molecule has 0 spiro atoms. The lowest BCUT2D eigenvalue weighted by atomic mass is 10.3. The van der Waals surface area contributed by atoms with Gasteiger partial charge in [0.15, 0.2) is 0 Å². The van der Waals surface area contributed by atoms with Crippen molar-refractivity contribution in [3.05, 3.63) is 34.6 Å². The van der Waals surface area contributed by atoms with Crippen LogP contribution in [0.1, 0.15) is 5.82 Å². The number of hydrogen-bond donors (Lipinski definition) is 0. The van der Waals surface area contributed by atoms with Gasteiger partial charge in [-0.3, -0.25) is 0 Å². The Morgan fingerprint density at radius 3 is 2.93 bits per heavy atom. The van der Waals surface area contributed by atoms with Gasteiger partial charge in [0.2, 0.25) is 0 Å². The lowest BCUT2D eigenvalue weighted by Gasteiger charge is -2.00. The van der Waals surface area contributed by atoms with Crippen LogP contribution in [0.5, 0.6) is 10.9 Å². The fraction of sp³-hybridized carbons (Fsp3) is 0.111. The first-order chi connectivity index (χ1) is 6.74. The maximum Gasteiger partial charge on any atom is 0.298 e. The molecule has 0 radical (unpaired) electrons. The summed E-state index contributed by atoms with van der Waals surface area (Å²) >= 11 is 4.62. The van der Waals surface area contributed by atoms with E-state index in [-0.39, 0.29) is 0 Å². The van der Waals surface area contributed by atoms with E-state index in [2.05, 4.69) is 25.3 Å². The topological polar surface area (TPSA) is 35.0 Å². The van der Waals surface area contributed by atoms with Crippen LogP contribution < -0.4 is 4.74 Å². The monoisotopic (exact) mass is 270 g/mol. The molecule has 0 aliphatic carbocycles. The number of ether oxygens (including phenoxy) is 1. The predicted octanol–water partition coefficient (Wildman–Crippen LogP) is 3.40. The molecule has 1 aromatic heterocycles. The van der Waals surface area contributed by atoms with E-state index in [9.17, 15) is 0 Å². The smallest absolute Gasteiger partial charge is 0.298 e. The fourth-order valence-electron chi connectivity index (χ4n) is 0.951. The van der Waals surface area contributed by atoms with Gasteiger partial charge >= 0.3 is 0 Å². The van der Waals surface area contributed by atoms with Crippen LogP contribution >= 0.6 is 27.5 Å². The molecule has 2 aromatic rings. The van der Waals surface area contributed by atoms with Crippen molar-refractivity contribution in [2.24, 2.45) is 0 Å². The summed E-state index contributed by atoms with van der Waals surface area (Å²) < 4.78 is 10.5. The minimum absolute atomic E-state index is 0.570. The first-order valence-electron chi connectivity index (χ1n) is 3.98. The second-order valence-electron chi connectivity index (χ2n) is 2.67. The summed E-state index contributed by atoms with van der Waals surface area (Å²) in [5.41, 5.74) is 0. The molecular formula is C9H7BrN2OS. The summed E-state index contributed by atoms with van der Waals surface area (Å²) in [6.45, 7) is 1.84. The highest BCUT2D eigenvalue weighted by atomic mass is 79.9. The van der Waals surface area contributed by atoms with Gasteiger partial charge in [-0.05, 0) is 25.1 Å². The molecule has 0 fully saturated rings. The molecule has 0 unspecified atom stereocenters. The second kappa shape index (κ2) is 4.06. The average molecular weight is 271 g/mol. The standard InChI is InChI=1S/C9H7BrN2OS/c1-6-11-9(14-12-6)13-8-4-2-3-7(10)5-8/h2-5H,1H3. The molecule has 5 heteroatoms. The van der Waals surface area contributed by atoms with Crippen molar-refractivity contribution in [1.29, 1.82) is 0 Å². The van der Waals surface area contributed by atoms with E-state index >= 15 is 0 Å². The molecule has 0 N–H and O–H groups in total. The van der Waals surface area contributed by atoms with Crippen LogP contribution in [0.25, 0.3) is 0 Å². The van der Waals surface area contributed by atoms with Crippen LogP contribution in [0, 0.1) is 6.92 Å². The summed E-state index contributed by atoms with van der Waals surface area (Å²) in [6, 6.07) is 7.61. The third-order valence-corrected chi connectivity index (χ3v) is 2.69. The van der Waals surface area contributed by atoms with Crippen LogP contribution in [0.2, 0.25) is 0 Å². The molecule has 0 amide bonds. The molecule has 0 saturated carbocycles. The molecule has 0 aliphatic rings. The van der Waals surface area contributed by atoms with Gasteiger partial charge in [-0.2, -0.15) is 9.36 Å². The van der Waals surface area contributed by atoms with Crippen molar-refractivity contribution in [3.63, 3.8) is 0 Å². The molecule has 3 nitrogen and oxygen atoms in total. The molecule has 0 atom stereocenters. The van der Waals surface area contributed by atoms with Gasteiger partial charge in [-0.1, -0.05) is 22.0 Å². The number of aromatic nitrogens is 2. The Labute approximate surface area is 94.1 Å². The van der Waals surface area contributed by atoms with Gasteiger partial charge in [0.25, 0.3) is 5.19 Å². The Morgan fingerprint density at radius 1 is 1.43 bits per heavy atom. The molecule has 1 heterocycles. The van der Waals surface area contributed by atoms with Gasteiger partial charge in [0.1, 0.15) is 11.6 Å². The van der Waals surface area contributed by atoms with E-state index in [1.54, 1.807) is 0 Å². The molecule has 0 saturated heterocycles. The molecular weight excluding hydrogens is 264 g/mol. The van der Waals surface area contributed by atoms with Crippen molar-refractivity contribution in [3.8, 4) is 10.9 Å². The Balaban J connectivity index is 2.18. The largest absolute Gasteiger partial charge is 0.430 e. The van der Waals surface area contributed by atoms with Crippen LogP contribution in [0.4, 0.5) is 0 Å². The molecule has 1 aromatic carbocycles. The second-order valence-corrected chi connectivity index (χ2v) is 4.30. The van der Waals surface area contributed by atoms with E-state index in [1.165, 1.54) is 11.5 Å². The Hall–Kier alpha value is -0.940. The van der Waals surface area contributed by atoms with E-state index in [0.717, 1.165) is 16.0 Å². The third kappa shape index (κ3) is 2.30. The van der Waals surface area contributed by atoms with Crippen molar-refractivity contribution in [1.82, 2.24) is 9.36 Å². The zero-order valence-corrected chi connectivity index (χ0v) is 9.80. The number of halogens is 1. The van der Waals surface area contributed by atoms with Crippen molar-refractivity contribution in [2.75, 3.05) is 0 Å². The Kier molecular flexibility index (Phi) is 2.79. The molecule has 72 valence electrons. The van der Waals surface area contributed by atoms with Gasteiger partial charge in [-0.15, -0.1) is 0 Å². The lowest BCUT2D eigenvalue weighted by molar-refractivity contribution is 0.477. The van der Waals surface area contributed by atoms with Gasteiger partial charge in [0.05, 0.1) is 0 Å². The fourth-order valence-corrected chi connectivity index (χ4v) is 1.89. The number of rotatable bonds is 2. The van der Waals surface area contributed by atoms with Crippen LogP contribution in [0.3, 0.4) is 0 Å². The number of aryl methyl sites for hydroxylation is 1. The van der Waals surface area contributed by atoms with E-state index in [4.69, 9.17) is 4.74 Å². The maximum absolute atomic E-state index is 5.49. The molecule has 2 rings (SSSR count). The molecule has 14 heavy (non-hydrogen) atoms. The summed E-state index contributed by atoms with van der Waals surface area (Å²) in [5.74, 6) is 1.50. The predicted molar refractivity (Wildman–Crippen MR) is 58.9 cm³/mol. The molecule has 0 aliphatic heterocycles. The SMILES string of the molecule is Cc1nsc(Oc2cccc(Br)c2)n1. The highest BCUT2D eigenvalue weighted by Crippen LogP contribution is 2.25. The normalized spacial score (nSPS) is 10.1. The highest BCUT2D eigenvalue weighted by Gasteiger charge is 2.02. The first-order valence-corrected chi connectivity index (χ1v) is 5.54. The van der Waals surface area contributed by atoms with E-state index < -0.39 is 0 Å². The van der Waals surface area contributed by atoms with Gasteiger partial charge < -0.3 is 4.74 Å². The minimum atomic E-state index is 0.570. The average Bonchev–Trinajstić information content (AvgIpc) is 2.51. The van der Waals surface area contributed by atoms with Gasteiger partial charge in [-0.25, -0.2) is 0 Å². The lowest BCUT2D eigenvalue weighted by Crippen LogP contribution is -1.82. The van der Waals surface area contributed by atoms with E-state index in [0.29, 0.717) is 5.19 Å². The summed E-state index contributed by atoms with van der Waals surface area (Å²) in [4.78, 5) is 4.11. The Morgan fingerprint density at radius 2 is 2.29 bits per heavy atom. The number of nitrogens with zero attached hydrogens (tertiary/aromatic N) is 2. The third-order valence-electron chi connectivity index (χ3n) is 1.51. The molecule has 0 bridgehead atoms. The zero-order valence-electron chi connectivity index (χ0n) is 7.40. The maximum atomic E-state index is 5.49. The van der Waals surface area contributed by atoms with Crippen molar-refractivity contribution >= 4 is 27.5 Å².